The van der Waals surface area contributed by atoms with Crippen LogP contribution < -0.4 is 5.32 Å². The fourth-order valence-corrected chi connectivity index (χ4v) is 1.48. The van der Waals surface area contributed by atoms with Crippen LogP contribution in [-0.2, 0) is 14.4 Å². The van der Waals surface area contributed by atoms with E-state index in [9.17, 15) is 14.4 Å². The highest BCUT2D eigenvalue weighted by Gasteiger charge is 2.28. The molecule has 1 unspecified atom stereocenters. The number of carbonyl (C=O) groups is 3. The minimum absolute atomic E-state index is 0.0487. The quantitative estimate of drug-likeness (QED) is 0.643. The van der Waals surface area contributed by atoms with E-state index in [1.54, 1.807) is 6.92 Å². The Kier molecular flexibility index (Phi) is 3.65. The lowest BCUT2D eigenvalue weighted by Crippen LogP contribution is -2.55. The molecule has 1 heterocycles. The van der Waals surface area contributed by atoms with Gasteiger partial charge in [0.25, 0.3) is 0 Å². The summed E-state index contributed by atoms with van der Waals surface area (Å²) in [7, 11) is 0. The number of amides is 2. The van der Waals surface area contributed by atoms with Crippen LogP contribution in [0.2, 0.25) is 0 Å². The van der Waals surface area contributed by atoms with Gasteiger partial charge in [-0.2, -0.15) is 0 Å². The van der Waals surface area contributed by atoms with E-state index in [2.05, 4.69) is 5.32 Å². The molecule has 1 aliphatic heterocycles. The molecule has 84 valence electrons. The lowest BCUT2D eigenvalue weighted by Gasteiger charge is -2.32. The molecule has 0 radical (unpaired) electrons. The molecule has 0 saturated carbocycles. The summed E-state index contributed by atoms with van der Waals surface area (Å²) in [6.45, 7) is 2.51. The van der Waals surface area contributed by atoms with E-state index in [0.717, 1.165) is 0 Å². The van der Waals surface area contributed by atoms with E-state index in [-0.39, 0.29) is 24.7 Å². The number of hydrogen-bond acceptors (Lipinski definition) is 3. The van der Waals surface area contributed by atoms with Crippen molar-refractivity contribution in [2.24, 2.45) is 0 Å². The fraction of sp³-hybridized carbons (Fsp3) is 0.667. The number of nitrogens with one attached hydrogen (secondary N) is 1. The number of rotatable bonds is 3. The van der Waals surface area contributed by atoms with Crippen LogP contribution in [-0.4, -0.2) is 46.9 Å². The molecule has 0 bridgehead atoms. The number of carboxylic acids is 1. The van der Waals surface area contributed by atoms with Gasteiger partial charge in [0.1, 0.15) is 6.04 Å². The molecule has 0 aromatic carbocycles. The molecule has 6 nitrogen and oxygen atoms in total. The second-order valence-electron chi connectivity index (χ2n) is 3.45. The van der Waals surface area contributed by atoms with E-state index in [1.807, 2.05) is 0 Å². The average molecular weight is 214 g/mol. The van der Waals surface area contributed by atoms with Crippen LogP contribution in [0.1, 0.15) is 19.8 Å². The second kappa shape index (κ2) is 4.77. The van der Waals surface area contributed by atoms with Crippen LogP contribution in [0.3, 0.4) is 0 Å². The highest BCUT2D eigenvalue weighted by molar-refractivity contribution is 5.89. The van der Waals surface area contributed by atoms with Gasteiger partial charge in [-0.15, -0.1) is 0 Å². The summed E-state index contributed by atoms with van der Waals surface area (Å²) in [5.74, 6) is -1.47. The van der Waals surface area contributed by atoms with Crippen molar-refractivity contribution in [1.29, 1.82) is 0 Å². The minimum atomic E-state index is -1.00. The van der Waals surface area contributed by atoms with E-state index in [0.29, 0.717) is 13.1 Å². The molecule has 0 aliphatic carbocycles. The topological polar surface area (TPSA) is 86.7 Å². The molecule has 15 heavy (non-hydrogen) atoms. The predicted octanol–water partition coefficient (Wildman–Crippen LogP) is -0.802. The molecule has 6 heteroatoms. The molecule has 0 aromatic rings. The molecule has 0 spiro atoms. The van der Waals surface area contributed by atoms with Crippen molar-refractivity contribution in [2.45, 2.75) is 25.8 Å². The smallest absolute Gasteiger partial charge is 0.303 e. The normalized spacial score (nSPS) is 21.0. The fourth-order valence-electron chi connectivity index (χ4n) is 1.48. The summed E-state index contributed by atoms with van der Waals surface area (Å²) in [6, 6.07) is -0.500. The summed E-state index contributed by atoms with van der Waals surface area (Å²) in [5, 5.41) is 11.1. The first kappa shape index (κ1) is 11.5. The summed E-state index contributed by atoms with van der Waals surface area (Å²) < 4.78 is 0. The van der Waals surface area contributed by atoms with Crippen molar-refractivity contribution in [3.05, 3.63) is 0 Å². The summed E-state index contributed by atoms with van der Waals surface area (Å²) in [4.78, 5) is 34.5. The highest BCUT2D eigenvalue weighted by Crippen LogP contribution is 2.07. The zero-order valence-electron chi connectivity index (χ0n) is 8.52. The zero-order valence-corrected chi connectivity index (χ0v) is 8.52. The second-order valence-corrected chi connectivity index (χ2v) is 3.45. The number of carboxylic acid groups (broad SMARTS) is 1. The van der Waals surface area contributed by atoms with Crippen molar-refractivity contribution >= 4 is 17.8 Å². The van der Waals surface area contributed by atoms with Gasteiger partial charge >= 0.3 is 5.97 Å². The summed E-state index contributed by atoms with van der Waals surface area (Å²) in [6.07, 6.45) is -0.239. The van der Waals surface area contributed by atoms with E-state index in [4.69, 9.17) is 5.11 Å². The first-order chi connectivity index (χ1) is 7.02. The van der Waals surface area contributed by atoms with Gasteiger partial charge < -0.3 is 15.3 Å². The first-order valence-corrected chi connectivity index (χ1v) is 4.81. The van der Waals surface area contributed by atoms with Crippen molar-refractivity contribution in [2.75, 3.05) is 13.1 Å². The number of carbonyl (C=O) groups excluding carboxylic acids is 2. The Hall–Kier alpha value is -1.59. The Bertz CT molecular complexity index is 290. The molecular formula is C9H14N2O4. The Morgan fingerprint density at radius 1 is 1.53 bits per heavy atom. The van der Waals surface area contributed by atoms with Gasteiger partial charge in [-0.25, -0.2) is 0 Å². The molecule has 1 rings (SSSR count). The van der Waals surface area contributed by atoms with Gasteiger partial charge in [0.2, 0.25) is 11.8 Å². The van der Waals surface area contributed by atoms with Crippen molar-refractivity contribution in [3.63, 3.8) is 0 Å². The lowest BCUT2D eigenvalue weighted by atomic mass is 10.1. The number of hydrogen-bond donors (Lipinski definition) is 2. The minimum Gasteiger partial charge on any atom is -0.481 e. The molecule has 1 fully saturated rings. The van der Waals surface area contributed by atoms with Crippen LogP contribution in [0.4, 0.5) is 0 Å². The van der Waals surface area contributed by atoms with Gasteiger partial charge in [-0.1, -0.05) is 0 Å². The van der Waals surface area contributed by atoms with Crippen molar-refractivity contribution in [1.82, 2.24) is 10.2 Å². The molecule has 1 aliphatic rings. The molecule has 1 saturated heterocycles. The maximum atomic E-state index is 11.5. The van der Waals surface area contributed by atoms with Crippen molar-refractivity contribution < 1.29 is 19.5 Å². The largest absolute Gasteiger partial charge is 0.481 e. The molecule has 2 N–H and O–H groups in total. The third kappa shape index (κ3) is 2.93. The maximum absolute atomic E-state index is 11.5. The van der Waals surface area contributed by atoms with Crippen LogP contribution in [0, 0.1) is 0 Å². The van der Waals surface area contributed by atoms with Gasteiger partial charge in [0.15, 0.2) is 0 Å². The number of nitrogens with zero attached hydrogens (tertiary/aromatic N) is 1. The van der Waals surface area contributed by atoms with Crippen LogP contribution in [0.25, 0.3) is 0 Å². The molecule has 0 aromatic heterocycles. The van der Waals surface area contributed by atoms with Gasteiger partial charge in [0, 0.05) is 19.5 Å². The van der Waals surface area contributed by atoms with Crippen LogP contribution in [0.5, 0.6) is 0 Å². The predicted molar refractivity (Wildman–Crippen MR) is 51.1 cm³/mol. The number of aliphatic carboxylic acids is 1. The molecule has 2 amide bonds. The van der Waals surface area contributed by atoms with Crippen molar-refractivity contribution in [3.8, 4) is 0 Å². The zero-order chi connectivity index (χ0) is 11.4. The summed E-state index contributed by atoms with van der Waals surface area (Å²) >= 11 is 0. The average Bonchev–Trinajstić information content (AvgIpc) is 2.18. The van der Waals surface area contributed by atoms with Crippen LogP contribution >= 0.6 is 0 Å². The standard InChI is InChI=1S/C9H14N2O4/c1-6-9(15)10-4-5-11(6)7(12)2-3-8(13)14/h6H,2-5H2,1H3,(H,10,15)(H,13,14). The Morgan fingerprint density at radius 2 is 2.20 bits per heavy atom. The Labute approximate surface area is 87.2 Å². The maximum Gasteiger partial charge on any atom is 0.303 e. The van der Waals surface area contributed by atoms with Crippen LogP contribution in [0.15, 0.2) is 0 Å². The molecular weight excluding hydrogens is 200 g/mol. The SMILES string of the molecule is CC1C(=O)NCCN1C(=O)CCC(=O)O. The third-order valence-electron chi connectivity index (χ3n) is 2.37. The monoisotopic (exact) mass is 214 g/mol. The Morgan fingerprint density at radius 3 is 2.80 bits per heavy atom. The van der Waals surface area contributed by atoms with Gasteiger partial charge in [-0.05, 0) is 6.92 Å². The van der Waals surface area contributed by atoms with E-state index in [1.165, 1.54) is 4.90 Å². The summed E-state index contributed by atoms with van der Waals surface area (Å²) in [5.41, 5.74) is 0. The van der Waals surface area contributed by atoms with E-state index >= 15 is 0 Å². The number of piperazine rings is 1. The first-order valence-electron chi connectivity index (χ1n) is 4.81. The third-order valence-corrected chi connectivity index (χ3v) is 2.37. The van der Waals surface area contributed by atoms with E-state index < -0.39 is 12.0 Å². The Balaban J connectivity index is 2.50. The molecule has 1 atom stereocenters. The highest BCUT2D eigenvalue weighted by atomic mass is 16.4. The van der Waals surface area contributed by atoms with Gasteiger partial charge in [0.05, 0.1) is 6.42 Å². The van der Waals surface area contributed by atoms with Gasteiger partial charge in [-0.3, -0.25) is 14.4 Å². The lowest BCUT2D eigenvalue weighted by molar-refractivity contribution is -0.145.